The molecule has 1 aromatic carbocycles. The lowest BCUT2D eigenvalue weighted by atomic mass is 10.3. The second kappa shape index (κ2) is 6.97. The molecular formula is C16H12BrN5O. The van der Waals surface area contributed by atoms with E-state index in [0.717, 1.165) is 10.2 Å². The molecule has 0 fully saturated rings. The van der Waals surface area contributed by atoms with Crippen LogP contribution in [0.5, 0.6) is 0 Å². The molecule has 3 aromatic rings. The maximum absolute atomic E-state index is 12.0. The maximum atomic E-state index is 12.0. The number of nitrogens with one attached hydrogen (secondary N) is 2. The molecular weight excluding hydrogens is 358 g/mol. The molecule has 1 amide bonds. The summed E-state index contributed by atoms with van der Waals surface area (Å²) in [4.78, 5) is 15.9. The molecule has 0 saturated carbocycles. The first-order chi connectivity index (χ1) is 11.2. The van der Waals surface area contributed by atoms with Crippen molar-refractivity contribution in [2.24, 2.45) is 0 Å². The van der Waals surface area contributed by atoms with Gasteiger partial charge >= 0.3 is 0 Å². The van der Waals surface area contributed by atoms with Crippen LogP contribution in [0.2, 0.25) is 0 Å². The molecule has 0 aliphatic carbocycles. The topological polar surface area (TPSA) is 79.8 Å². The molecule has 0 saturated heterocycles. The highest BCUT2D eigenvalue weighted by atomic mass is 79.9. The first-order valence-corrected chi connectivity index (χ1v) is 7.58. The van der Waals surface area contributed by atoms with E-state index in [2.05, 4.69) is 41.7 Å². The highest BCUT2D eigenvalue weighted by molar-refractivity contribution is 9.10. The predicted molar refractivity (Wildman–Crippen MR) is 91.6 cm³/mol. The summed E-state index contributed by atoms with van der Waals surface area (Å²) in [6, 6.07) is 14.5. The largest absolute Gasteiger partial charge is 0.339 e. The van der Waals surface area contributed by atoms with E-state index in [1.54, 1.807) is 30.5 Å². The van der Waals surface area contributed by atoms with Crippen LogP contribution in [0.4, 0.5) is 17.3 Å². The Balaban J connectivity index is 1.65. The van der Waals surface area contributed by atoms with Crippen molar-refractivity contribution in [1.29, 1.82) is 0 Å². The standard InChI is InChI=1S/C16H12BrN5O/c17-12-3-5-13(6-4-12)19-14-7-8-15(22-21-14)20-16(23)11-2-1-9-18-10-11/h1-10H,(H,19,21)(H,20,22,23). The molecule has 23 heavy (non-hydrogen) atoms. The Kier molecular flexibility index (Phi) is 4.58. The van der Waals surface area contributed by atoms with E-state index in [4.69, 9.17) is 0 Å². The van der Waals surface area contributed by atoms with E-state index in [0.29, 0.717) is 17.2 Å². The molecule has 2 N–H and O–H groups in total. The number of hydrogen-bond acceptors (Lipinski definition) is 5. The fourth-order valence-corrected chi connectivity index (χ4v) is 2.10. The number of carbonyl (C=O) groups is 1. The van der Waals surface area contributed by atoms with E-state index >= 15 is 0 Å². The number of anilines is 3. The van der Waals surface area contributed by atoms with Crippen LogP contribution >= 0.6 is 15.9 Å². The van der Waals surface area contributed by atoms with Crippen LogP contribution in [-0.4, -0.2) is 21.1 Å². The van der Waals surface area contributed by atoms with Crippen LogP contribution in [-0.2, 0) is 0 Å². The van der Waals surface area contributed by atoms with Crippen molar-refractivity contribution in [1.82, 2.24) is 15.2 Å². The zero-order valence-corrected chi connectivity index (χ0v) is 13.5. The quantitative estimate of drug-likeness (QED) is 0.733. The van der Waals surface area contributed by atoms with Gasteiger partial charge in [-0.2, -0.15) is 0 Å². The summed E-state index contributed by atoms with van der Waals surface area (Å²) in [5.74, 6) is 0.688. The highest BCUT2D eigenvalue weighted by Gasteiger charge is 2.07. The molecule has 6 nitrogen and oxygen atoms in total. The lowest BCUT2D eigenvalue weighted by Gasteiger charge is -2.06. The molecule has 0 bridgehead atoms. The maximum Gasteiger partial charge on any atom is 0.258 e. The molecule has 2 heterocycles. The Hall–Kier alpha value is -2.80. The zero-order chi connectivity index (χ0) is 16.1. The van der Waals surface area contributed by atoms with Gasteiger partial charge in [0, 0.05) is 22.6 Å². The van der Waals surface area contributed by atoms with Gasteiger partial charge in [0.25, 0.3) is 5.91 Å². The summed E-state index contributed by atoms with van der Waals surface area (Å²) in [6.45, 7) is 0. The van der Waals surface area contributed by atoms with Crippen molar-refractivity contribution in [3.63, 3.8) is 0 Å². The number of carbonyl (C=O) groups excluding carboxylic acids is 1. The van der Waals surface area contributed by atoms with Crippen LogP contribution < -0.4 is 10.6 Å². The van der Waals surface area contributed by atoms with Crippen molar-refractivity contribution in [2.45, 2.75) is 0 Å². The van der Waals surface area contributed by atoms with Crippen molar-refractivity contribution in [3.8, 4) is 0 Å². The normalized spacial score (nSPS) is 10.1. The summed E-state index contributed by atoms with van der Waals surface area (Å²) in [5.41, 5.74) is 1.36. The van der Waals surface area contributed by atoms with Gasteiger partial charge in [-0.1, -0.05) is 15.9 Å². The van der Waals surface area contributed by atoms with E-state index < -0.39 is 0 Å². The lowest BCUT2D eigenvalue weighted by Crippen LogP contribution is -2.13. The molecule has 0 atom stereocenters. The van der Waals surface area contributed by atoms with Gasteiger partial charge in [0.05, 0.1) is 5.56 Å². The molecule has 0 aliphatic heterocycles. The summed E-state index contributed by atoms with van der Waals surface area (Å²) < 4.78 is 1.00. The third kappa shape index (κ3) is 4.10. The Morgan fingerprint density at radius 1 is 0.957 bits per heavy atom. The van der Waals surface area contributed by atoms with Gasteiger partial charge in [-0.3, -0.25) is 9.78 Å². The SMILES string of the molecule is O=C(Nc1ccc(Nc2ccc(Br)cc2)nn1)c1cccnc1. The van der Waals surface area contributed by atoms with Gasteiger partial charge in [-0.15, -0.1) is 10.2 Å². The van der Waals surface area contributed by atoms with Crippen molar-refractivity contribution < 1.29 is 4.79 Å². The average Bonchev–Trinajstić information content (AvgIpc) is 2.59. The zero-order valence-electron chi connectivity index (χ0n) is 11.9. The van der Waals surface area contributed by atoms with Crippen molar-refractivity contribution in [2.75, 3.05) is 10.6 Å². The number of pyridine rings is 1. The van der Waals surface area contributed by atoms with Crippen molar-refractivity contribution in [3.05, 3.63) is 71.0 Å². The van der Waals surface area contributed by atoms with E-state index in [1.165, 1.54) is 6.20 Å². The minimum atomic E-state index is -0.277. The van der Waals surface area contributed by atoms with E-state index in [1.807, 2.05) is 24.3 Å². The highest BCUT2D eigenvalue weighted by Crippen LogP contribution is 2.18. The Morgan fingerprint density at radius 2 is 1.70 bits per heavy atom. The Labute approximate surface area is 141 Å². The predicted octanol–water partition coefficient (Wildman–Crippen LogP) is 3.63. The fraction of sp³-hybridized carbons (Fsp3) is 0. The first-order valence-electron chi connectivity index (χ1n) is 6.78. The molecule has 114 valence electrons. The van der Waals surface area contributed by atoms with Gasteiger partial charge in [-0.05, 0) is 48.5 Å². The second-order valence-electron chi connectivity index (χ2n) is 4.63. The van der Waals surface area contributed by atoms with Crippen LogP contribution in [0, 0.1) is 0 Å². The van der Waals surface area contributed by atoms with E-state index in [9.17, 15) is 4.79 Å². The van der Waals surface area contributed by atoms with E-state index in [-0.39, 0.29) is 5.91 Å². The molecule has 0 unspecified atom stereocenters. The van der Waals surface area contributed by atoms with Gasteiger partial charge in [-0.25, -0.2) is 0 Å². The van der Waals surface area contributed by atoms with Crippen LogP contribution in [0.3, 0.4) is 0 Å². The number of halogens is 1. The third-order valence-corrected chi connectivity index (χ3v) is 3.48. The Bertz CT molecular complexity index is 791. The Morgan fingerprint density at radius 3 is 2.35 bits per heavy atom. The van der Waals surface area contributed by atoms with Crippen LogP contribution in [0.15, 0.2) is 65.4 Å². The number of amides is 1. The average molecular weight is 370 g/mol. The van der Waals surface area contributed by atoms with Gasteiger partial charge < -0.3 is 10.6 Å². The van der Waals surface area contributed by atoms with Gasteiger partial charge in [0.2, 0.25) is 0 Å². The fourth-order valence-electron chi connectivity index (χ4n) is 1.83. The molecule has 0 spiro atoms. The third-order valence-electron chi connectivity index (χ3n) is 2.95. The minimum Gasteiger partial charge on any atom is -0.339 e. The summed E-state index contributed by atoms with van der Waals surface area (Å²) >= 11 is 3.38. The molecule has 7 heteroatoms. The van der Waals surface area contributed by atoms with Crippen LogP contribution in [0.1, 0.15) is 10.4 Å². The molecule has 0 radical (unpaired) electrons. The molecule has 3 rings (SSSR count). The summed E-state index contributed by atoms with van der Waals surface area (Å²) in [6.07, 6.45) is 3.10. The summed E-state index contributed by atoms with van der Waals surface area (Å²) in [7, 11) is 0. The van der Waals surface area contributed by atoms with Gasteiger partial charge in [0.1, 0.15) is 0 Å². The molecule has 2 aromatic heterocycles. The molecule has 0 aliphatic rings. The monoisotopic (exact) mass is 369 g/mol. The van der Waals surface area contributed by atoms with Crippen LogP contribution in [0.25, 0.3) is 0 Å². The number of nitrogens with zero attached hydrogens (tertiary/aromatic N) is 3. The number of hydrogen-bond donors (Lipinski definition) is 2. The van der Waals surface area contributed by atoms with Gasteiger partial charge in [0.15, 0.2) is 11.6 Å². The second-order valence-corrected chi connectivity index (χ2v) is 5.55. The van der Waals surface area contributed by atoms with Crippen molar-refractivity contribution >= 4 is 39.2 Å². The minimum absolute atomic E-state index is 0.277. The number of benzene rings is 1. The smallest absolute Gasteiger partial charge is 0.258 e. The number of rotatable bonds is 4. The number of aromatic nitrogens is 3. The first kappa shape index (κ1) is 15.1. The lowest BCUT2D eigenvalue weighted by molar-refractivity contribution is 0.102. The summed E-state index contributed by atoms with van der Waals surface area (Å²) in [5, 5.41) is 13.8.